The largest absolute Gasteiger partial charge is 0.376 e. The van der Waals surface area contributed by atoms with Crippen LogP contribution in [0.25, 0.3) is 0 Å². The highest BCUT2D eigenvalue weighted by Crippen LogP contribution is 2.22. The summed E-state index contributed by atoms with van der Waals surface area (Å²) in [5, 5.41) is 0. The van der Waals surface area contributed by atoms with Crippen molar-refractivity contribution in [3.05, 3.63) is 0 Å². The molecule has 0 saturated carbocycles. The van der Waals surface area contributed by atoms with Gasteiger partial charge in [0.25, 0.3) is 0 Å². The van der Waals surface area contributed by atoms with Gasteiger partial charge in [0, 0.05) is 0 Å². The monoisotopic (exact) mass is 141 g/mol. The Morgan fingerprint density at radius 2 is 1.67 bits per heavy atom. The molecule has 6 heavy (non-hydrogen) atoms. The normalized spacial score (nSPS) is 15.5. The fraction of sp³-hybridized carbons (Fsp3) is 0. The molecule has 6 heteroatoms. The summed E-state index contributed by atoms with van der Waals surface area (Å²) in [5.41, 5.74) is 5.16. The molecule has 0 fully saturated rings. The minimum atomic E-state index is -0.953. The zero-order valence-corrected chi connectivity index (χ0v) is 8.74. The second kappa shape index (κ2) is 3.92. The highest BCUT2D eigenvalue weighted by molar-refractivity contribution is 7.46. The number of nitrogens with two attached hydrogens (primary N) is 1. The van der Waals surface area contributed by atoms with Crippen molar-refractivity contribution in [3.8, 4) is 0 Å². The first-order valence-corrected chi connectivity index (χ1v) is 4.32. The highest BCUT2D eigenvalue weighted by Gasteiger charge is 1.89. The molecule has 0 aliphatic rings. The van der Waals surface area contributed by atoms with Gasteiger partial charge in [0.05, 0.1) is 0 Å². The second-order valence-corrected chi connectivity index (χ2v) is 4.14. The molecular weight excluding hydrogens is 133 g/mol. The van der Waals surface area contributed by atoms with E-state index in [1.54, 1.807) is 0 Å². The van der Waals surface area contributed by atoms with E-state index in [-0.39, 0.29) is 0 Å². The van der Waals surface area contributed by atoms with Gasteiger partial charge in [-0.3, -0.25) is 5.50 Å². The van der Waals surface area contributed by atoms with Crippen molar-refractivity contribution in [2.45, 2.75) is 0 Å². The maximum absolute atomic E-state index is 5.16. The number of rotatable bonds is 2. The lowest BCUT2D eigenvalue weighted by atomic mass is 13.9. The van der Waals surface area contributed by atoms with Crippen LogP contribution in [-0.2, 0) is 8.43 Å². The van der Waals surface area contributed by atoms with E-state index in [4.69, 9.17) is 13.9 Å². The zero-order valence-electron chi connectivity index (χ0n) is 3.84. The quantitative estimate of drug-likeness (QED) is 0.349. The summed E-state index contributed by atoms with van der Waals surface area (Å²) in [5.74, 6) is 0. The molecule has 0 radical (unpaired) electrons. The maximum atomic E-state index is 5.16. The van der Waals surface area contributed by atoms with E-state index in [0.29, 0.717) is 21.0 Å². The Balaban J connectivity index is 2.75. The highest BCUT2D eigenvalue weighted by atomic mass is 31.2. The molecule has 0 aromatic heterocycles. The molecule has 0 rings (SSSR count). The molecule has 2 N–H and O–H groups in total. The van der Waals surface area contributed by atoms with Gasteiger partial charge < -0.3 is 8.43 Å². The topological polar surface area (TPSA) is 44.5 Å². The molecular formula is H8NO2PSi2. The van der Waals surface area contributed by atoms with Crippen molar-refractivity contribution in [1.29, 1.82) is 0 Å². The summed E-state index contributed by atoms with van der Waals surface area (Å²) in [7, 11) is 0.414. The molecule has 0 atom stereocenters. The first kappa shape index (κ1) is 6.74. The molecule has 0 aromatic rings. The third-order valence-corrected chi connectivity index (χ3v) is 3.24. The molecule has 38 valence electrons. The van der Waals surface area contributed by atoms with Gasteiger partial charge in [-0.2, -0.15) is 0 Å². The van der Waals surface area contributed by atoms with Gasteiger partial charge in [0.15, 0.2) is 21.0 Å². The van der Waals surface area contributed by atoms with Crippen molar-refractivity contribution in [2.24, 2.45) is 5.50 Å². The van der Waals surface area contributed by atoms with E-state index in [1.807, 2.05) is 0 Å². The van der Waals surface area contributed by atoms with Crippen LogP contribution in [0.2, 0.25) is 0 Å². The lowest BCUT2D eigenvalue weighted by molar-refractivity contribution is 0.548. The van der Waals surface area contributed by atoms with E-state index in [0.717, 1.165) is 0 Å². The lowest BCUT2D eigenvalue weighted by Gasteiger charge is -2.02. The fourth-order valence-corrected chi connectivity index (χ4v) is 2.01. The van der Waals surface area contributed by atoms with Gasteiger partial charge in [0.2, 0.25) is 8.53 Å². The molecule has 0 aromatic carbocycles. The van der Waals surface area contributed by atoms with Gasteiger partial charge in [-0.25, -0.2) is 0 Å². The maximum Gasteiger partial charge on any atom is 0.229 e. The Labute approximate surface area is 44.3 Å². The third kappa shape index (κ3) is 2.95. The summed E-state index contributed by atoms with van der Waals surface area (Å²) >= 11 is 0. The summed E-state index contributed by atoms with van der Waals surface area (Å²) in [6.45, 7) is 0. The molecule has 0 spiro atoms. The average molecular weight is 141 g/mol. The van der Waals surface area contributed by atoms with Crippen molar-refractivity contribution < 1.29 is 8.43 Å². The summed E-state index contributed by atoms with van der Waals surface area (Å²) in [6, 6.07) is 0. The Morgan fingerprint density at radius 3 is 1.67 bits per heavy atom. The zero-order chi connectivity index (χ0) is 4.99. The molecule has 0 aliphatic heterocycles. The van der Waals surface area contributed by atoms with Crippen molar-refractivity contribution in [2.75, 3.05) is 0 Å². The summed E-state index contributed by atoms with van der Waals surface area (Å²) in [4.78, 5) is 0. The second-order valence-electron chi connectivity index (χ2n) is 0.651. The van der Waals surface area contributed by atoms with Crippen molar-refractivity contribution in [1.82, 2.24) is 0 Å². The molecule has 3 nitrogen and oxygen atoms in total. The van der Waals surface area contributed by atoms with Gasteiger partial charge in [0.1, 0.15) is 0 Å². The SMILES string of the molecule is NP(O[SiH3])O[SiH3]. The van der Waals surface area contributed by atoms with Crippen LogP contribution >= 0.6 is 8.53 Å². The van der Waals surface area contributed by atoms with Gasteiger partial charge in [-0.1, -0.05) is 0 Å². The molecule has 0 heterocycles. The molecule has 0 amide bonds. The van der Waals surface area contributed by atoms with Gasteiger partial charge in [-0.15, -0.1) is 0 Å². The molecule has 0 bridgehead atoms. The van der Waals surface area contributed by atoms with Crippen LogP contribution in [0.1, 0.15) is 0 Å². The van der Waals surface area contributed by atoms with Crippen molar-refractivity contribution in [3.63, 3.8) is 0 Å². The number of hydrogen-bond donors (Lipinski definition) is 1. The van der Waals surface area contributed by atoms with E-state index in [1.165, 1.54) is 0 Å². The van der Waals surface area contributed by atoms with Crippen LogP contribution in [0.3, 0.4) is 0 Å². The first-order valence-electron chi connectivity index (χ1n) is 1.44. The molecule has 0 saturated heterocycles. The minimum Gasteiger partial charge on any atom is -0.376 e. The first-order chi connectivity index (χ1) is 2.81. The van der Waals surface area contributed by atoms with Crippen LogP contribution in [0.15, 0.2) is 0 Å². The Morgan fingerprint density at radius 1 is 1.33 bits per heavy atom. The number of hydrogen-bond acceptors (Lipinski definition) is 3. The predicted molar refractivity (Wildman–Crippen MR) is 33.2 cm³/mol. The average Bonchev–Trinajstić information content (AvgIpc) is 1.65. The molecule has 0 aliphatic carbocycles. The molecule has 0 unspecified atom stereocenters. The third-order valence-electron chi connectivity index (χ3n) is 0.360. The van der Waals surface area contributed by atoms with E-state index < -0.39 is 8.53 Å². The smallest absolute Gasteiger partial charge is 0.229 e. The Bertz CT molecular complexity index is 30.7. The van der Waals surface area contributed by atoms with Crippen LogP contribution in [0.4, 0.5) is 0 Å². The van der Waals surface area contributed by atoms with Crippen LogP contribution < -0.4 is 5.50 Å². The van der Waals surface area contributed by atoms with Crippen molar-refractivity contribution >= 4 is 29.5 Å². The van der Waals surface area contributed by atoms with Gasteiger partial charge >= 0.3 is 0 Å². The van der Waals surface area contributed by atoms with Crippen LogP contribution in [0, 0.1) is 0 Å². The fourth-order valence-electron chi connectivity index (χ4n) is 0.0745. The van der Waals surface area contributed by atoms with E-state index >= 15 is 0 Å². The minimum absolute atomic E-state index is 0.684. The summed E-state index contributed by atoms with van der Waals surface area (Å²) < 4.78 is 9.39. The van der Waals surface area contributed by atoms with E-state index in [9.17, 15) is 0 Å². The Kier molecular flexibility index (Phi) is 4.40. The lowest BCUT2D eigenvalue weighted by Crippen LogP contribution is -1.92. The standard InChI is InChI=1S/H8NO2PSi2/c1-4(2-5)3-6/h1H2,5-6H3. The predicted octanol–water partition coefficient (Wildman–Crippen LogP) is -2.23. The van der Waals surface area contributed by atoms with Crippen LogP contribution in [0.5, 0.6) is 0 Å². The van der Waals surface area contributed by atoms with Crippen LogP contribution in [-0.4, -0.2) is 21.0 Å². The summed E-state index contributed by atoms with van der Waals surface area (Å²) in [6.07, 6.45) is 0. The Hall–Kier alpha value is 0.744. The van der Waals surface area contributed by atoms with Gasteiger partial charge in [-0.05, 0) is 0 Å². The van der Waals surface area contributed by atoms with E-state index in [2.05, 4.69) is 0 Å².